The van der Waals surface area contributed by atoms with Gasteiger partial charge in [0.05, 0.1) is 11.8 Å². The van der Waals surface area contributed by atoms with Gasteiger partial charge in [0.15, 0.2) is 0 Å². The minimum Gasteiger partial charge on any atom is -0.355 e. The lowest BCUT2D eigenvalue weighted by Gasteiger charge is -2.06. The highest BCUT2D eigenvalue weighted by atomic mass is 32.2. The summed E-state index contributed by atoms with van der Waals surface area (Å²) in [6.07, 6.45) is 0.178. The summed E-state index contributed by atoms with van der Waals surface area (Å²) in [6.45, 7) is 1.72. The van der Waals surface area contributed by atoms with E-state index >= 15 is 0 Å². The molecule has 1 atom stereocenters. The molecule has 0 aromatic carbocycles. The molecule has 0 unspecified atom stereocenters. The molecule has 1 amide bonds. The number of nitrogens with two attached hydrogens (primary N) is 1. The molecule has 0 radical (unpaired) electrons. The van der Waals surface area contributed by atoms with Crippen molar-refractivity contribution in [3.63, 3.8) is 0 Å². The van der Waals surface area contributed by atoms with E-state index in [1.54, 1.807) is 0 Å². The maximum Gasteiger partial charge on any atom is 0.264 e. The van der Waals surface area contributed by atoms with Crippen LogP contribution in [0.3, 0.4) is 0 Å². The lowest BCUT2D eigenvalue weighted by atomic mass is 10.3. The van der Waals surface area contributed by atoms with Crippen LogP contribution < -0.4 is 11.1 Å². The zero-order chi connectivity index (χ0) is 10.5. The average molecular weight is 210 g/mol. The Balaban J connectivity index is 3.53. The van der Waals surface area contributed by atoms with Gasteiger partial charge in [0.25, 0.3) is 10.1 Å². The Kier molecular flexibility index (Phi) is 4.89. The molecule has 0 aromatic rings. The van der Waals surface area contributed by atoms with E-state index in [0.29, 0.717) is 0 Å². The first kappa shape index (κ1) is 12.3. The third-order valence-corrected chi connectivity index (χ3v) is 2.10. The van der Waals surface area contributed by atoms with Gasteiger partial charge in [0, 0.05) is 6.54 Å². The maximum atomic E-state index is 10.8. The van der Waals surface area contributed by atoms with Crippen molar-refractivity contribution >= 4 is 16.0 Å². The summed E-state index contributed by atoms with van der Waals surface area (Å²) in [5.41, 5.74) is 5.22. The molecular formula is C6H14N2O4S. The van der Waals surface area contributed by atoms with Gasteiger partial charge in [-0.1, -0.05) is 0 Å². The van der Waals surface area contributed by atoms with Crippen LogP contribution in [0, 0.1) is 0 Å². The van der Waals surface area contributed by atoms with E-state index in [0.717, 1.165) is 0 Å². The third-order valence-electron chi connectivity index (χ3n) is 1.29. The first-order valence-corrected chi connectivity index (χ1v) is 5.42. The molecule has 0 aliphatic carbocycles. The predicted octanol–water partition coefficient (Wildman–Crippen LogP) is -1.27. The van der Waals surface area contributed by atoms with Gasteiger partial charge in [0.2, 0.25) is 5.91 Å². The highest BCUT2D eigenvalue weighted by molar-refractivity contribution is 7.85. The van der Waals surface area contributed by atoms with Crippen LogP contribution in [0.5, 0.6) is 0 Å². The Morgan fingerprint density at radius 3 is 2.54 bits per heavy atom. The Hall–Kier alpha value is -0.660. The molecule has 0 aliphatic rings. The molecule has 0 aliphatic heterocycles. The summed E-state index contributed by atoms with van der Waals surface area (Å²) in [4.78, 5) is 10.8. The predicted molar refractivity (Wildman–Crippen MR) is 47.7 cm³/mol. The molecule has 13 heavy (non-hydrogen) atoms. The van der Waals surface area contributed by atoms with Crippen LogP contribution in [-0.2, 0) is 14.9 Å². The lowest BCUT2D eigenvalue weighted by Crippen LogP contribution is -2.39. The smallest absolute Gasteiger partial charge is 0.264 e. The first-order valence-electron chi connectivity index (χ1n) is 3.81. The number of rotatable bonds is 5. The zero-order valence-corrected chi connectivity index (χ0v) is 8.17. The summed E-state index contributed by atoms with van der Waals surface area (Å²) in [7, 11) is -3.92. The van der Waals surface area contributed by atoms with Gasteiger partial charge in [-0.05, 0) is 13.3 Å². The van der Waals surface area contributed by atoms with Gasteiger partial charge in [0.1, 0.15) is 0 Å². The molecule has 78 valence electrons. The van der Waals surface area contributed by atoms with Crippen LogP contribution >= 0.6 is 0 Å². The topological polar surface area (TPSA) is 109 Å². The van der Waals surface area contributed by atoms with Crippen LogP contribution in [0.25, 0.3) is 0 Å². The first-order chi connectivity index (χ1) is 5.83. The van der Waals surface area contributed by atoms with E-state index in [4.69, 9.17) is 10.3 Å². The highest BCUT2D eigenvalue weighted by Gasteiger charge is 2.07. The van der Waals surface area contributed by atoms with Crippen molar-refractivity contribution in [1.29, 1.82) is 0 Å². The van der Waals surface area contributed by atoms with Crippen molar-refractivity contribution in [2.45, 2.75) is 19.4 Å². The fraction of sp³-hybridized carbons (Fsp3) is 0.833. The van der Waals surface area contributed by atoms with Crippen molar-refractivity contribution in [3.05, 3.63) is 0 Å². The van der Waals surface area contributed by atoms with E-state index in [-0.39, 0.29) is 24.6 Å². The highest BCUT2D eigenvalue weighted by Crippen LogP contribution is 1.86. The molecule has 0 bridgehead atoms. The Labute approximate surface area is 77.2 Å². The second kappa shape index (κ2) is 5.15. The summed E-state index contributed by atoms with van der Waals surface area (Å²) < 4.78 is 28.8. The summed E-state index contributed by atoms with van der Waals surface area (Å²) in [6, 6.07) is -0.606. The van der Waals surface area contributed by atoms with Gasteiger partial charge in [-0.15, -0.1) is 0 Å². The molecular weight excluding hydrogens is 196 g/mol. The number of carbonyl (C=O) groups excluding carboxylic acids is 1. The Bertz CT molecular complexity index is 260. The number of nitrogens with one attached hydrogen (secondary N) is 1. The van der Waals surface area contributed by atoms with Crippen molar-refractivity contribution in [3.8, 4) is 0 Å². The zero-order valence-electron chi connectivity index (χ0n) is 7.36. The standard InChI is InChI=1S/C6H14N2O4S/c1-5(7)6(9)8-3-2-4-13(10,11)12/h5H,2-4,7H2,1H3,(H,8,9)(H,10,11,12)/t5-/m0/s1. The van der Waals surface area contributed by atoms with E-state index in [2.05, 4.69) is 5.32 Å². The third kappa shape index (κ3) is 7.69. The lowest BCUT2D eigenvalue weighted by molar-refractivity contribution is -0.121. The van der Waals surface area contributed by atoms with Gasteiger partial charge >= 0.3 is 0 Å². The molecule has 0 fully saturated rings. The molecule has 0 saturated heterocycles. The van der Waals surface area contributed by atoms with Crippen LogP contribution in [0.15, 0.2) is 0 Å². The van der Waals surface area contributed by atoms with Gasteiger partial charge < -0.3 is 11.1 Å². The monoisotopic (exact) mass is 210 g/mol. The summed E-state index contributed by atoms with van der Waals surface area (Å²) in [5, 5.41) is 2.42. The molecule has 0 rings (SSSR count). The van der Waals surface area contributed by atoms with Gasteiger partial charge in [-0.3, -0.25) is 9.35 Å². The molecule has 6 nitrogen and oxygen atoms in total. The van der Waals surface area contributed by atoms with Crippen molar-refractivity contribution < 1.29 is 17.8 Å². The maximum absolute atomic E-state index is 10.8. The van der Waals surface area contributed by atoms with Crippen LogP contribution in [0.4, 0.5) is 0 Å². The average Bonchev–Trinajstić information content (AvgIpc) is 1.95. The van der Waals surface area contributed by atoms with E-state index < -0.39 is 16.2 Å². The minimum atomic E-state index is -3.92. The van der Waals surface area contributed by atoms with E-state index in [9.17, 15) is 13.2 Å². The molecule has 7 heteroatoms. The summed E-state index contributed by atoms with van der Waals surface area (Å²) >= 11 is 0. The fourth-order valence-electron chi connectivity index (χ4n) is 0.627. The van der Waals surface area contributed by atoms with Crippen LogP contribution in [0.2, 0.25) is 0 Å². The molecule has 0 heterocycles. The second-order valence-corrected chi connectivity index (χ2v) is 4.29. The SMILES string of the molecule is C[C@H](N)C(=O)NCCCS(=O)(=O)O. The molecule has 4 N–H and O–H groups in total. The van der Waals surface area contributed by atoms with Crippen LogP contribution in [0.1, 0.15) is 13.3 Å². The largest absolute Gasteiger partial charge is 0.355 e. The van der Waals surface area contributed by atoms with Gasteiger partial charge in [-0.2, -0.15) is 8.42 Å². The van der Waals surface area contributed by atoms with Gasteiger partial charge in [-0.25, -0.2) is 0 Å². The number of hydrogen-bond acceptors (Lipinski definition) is 4. The number of carbonyl (C=O) groups is 1. The number of amides is 1. The van der Waals surface area contributed by atoms with Crippen molar-refractivity contribution in [2.75, 3.05) is 12.3 Å². The molecule has 0 spiro atoms. The Morgan fingerprint density at radius 1 is 1.62 bits per heavy atom. The quantitative estimate of drug-likeness (QED) is 0.387. The fourth-order valence-corrected chi connectivity index (χ4v) is 1.14. The van der Waals surface area contributed by atoms with E-state index in [1.165, 1.54) is 6.92 Å². The second-order valence-electron chi connectivity index (χ2n) is 2.72. The van der Waals surface area contributed by atoms with E-state index in [1.807, 2.05) is 0 Å². The Morgan fingerprint density at radius 2 is 2.15 bits per heavy atom. The molecule has 0 aromatic heterocycles. The minimum absolute atomic E-state index is 0.178. The van der Waals surface area contributed by atoms with Crippen molar-refractivity contribution in [1.82, 2.24) is 5.32 Å². The molecule has 0 saturated carbocycles. The van der Waals surface area contributed by atoms with Crippen LogP contribution in [-0.4, -0.2) is 37.2 Å². The van der Waals surface area contributed by atoms with Crippen molar-refractivity contribution in [2.24, 2.45) is 5.73 Å². The normalized spacial score (nSPS) is 13.8. The number of hydrogen-bond donors (Lipinski definition) is 3. The summed E-state index contributed by atoms with van der Waals surface area (Å²) in [5.74, 6) is -0.693.